The minimum atomic E-state index is -3.73. The molecule has 0 aromatic heterocycles. The van der Waals surface area contributed by atoms with E-state index in [9.17, 15) is 23.2 Å². The second kappa shape index (κ2) is 8.94. The van der Waals surface area contributed by atoms with E-state index in [0.29, 0.717) is 19.3 Å². The molecule has 6 rings (SSSR count). The summed E-state index contributed by atoms with van der Waals surface area (Å²) in [6.45, 7) is -0.585. The van der Waals surface area contributed by atoms with Gasteiger partial charge >= 0.3 is 12.3 Å². The summed E-state index contributed by atoms with van der Waals surface area (Å²) in [6.07, 6.45) is -2.05. The predicted molar refractivity (Wildman–Crippen MR) is 122 cm³/mol. The van der Waals surface area contributed by atoms with Crippen molar-refractivity contribution in [2.45, 2.75) is 36.6 Å². The van der Waals surface area contributed by atoms with E-state index in [1.54, 1.807) is 0 Å². The molecule has 1 heterocycles. The lowest BCUT2D eigenvalue weighted by molar-refractivity contribution is -0.286. The second-order valence-corrected chi connectivity index (χ2v) is 9.58. The van der Waals surface area contributed by atoms with Crippen molar-refractivity contribution in [2.24, 2.45) is 0 Å². The topological polar surface area (TPSA) is 121 Å². The van der Waals surface area contributed by atoms with Crippen LogP contribution >= 0.6 is 11.6 Å². The molecule has 0 radical (unpaired) electrons. The van der Waals surface area contributed by atoms with Crippen LogP contribution in [0.3, 0.4) is 0 Å². The summed E-state index contributed by atoms with van der Waals surface area (Å²) in [5, 5.41) is 6.03. The van der Waals surface area contributed by atoms with Crippen LogP contribution in [0, 0.1) is 0 Å². The Bertz CT molecular complexity index is 1270. The van der Waals surface area contributed by atoms with Crippen LogP contribution in [0.4, 0.5) is 8.78 Å². The van der Waals surface area contributed by atoms with Gasteiger partial charge in [0.1, 0.15) is 11.5 Å². The average molecular weight is 539 g/mol. The van der Waals surface area contributed by atoms with E-state index < -0.39 is 23.3 Å². The zero-order valence-electron chi connectivity index (χ0n) is 19.4. The third kappa shape index (κ3) is 5.06. The molecule has 196 valence electrons. The molecule has 2 aromatic rings. The number of ether oxygens (including phenoxy) is 5. The molecule has 2 amide bonds. The molecular formula is C24H21ClF2N2O8. The van der Waals surface area contributed by atoms with Gasteiger partial charge in [0.25, 0.3) is 11.8 Å². The van der Waals surface area contributed by atoms with Gasteiger partial charge in [-0.1, -0.05) is 11.6 Å². The third-order valence-corrected chi connectivity index (χ3v) is 6.62. The summed E-state index contributed by atoms with van der Waals surface area (Å²) in [7, 11) is 1.23. The number of hydrogen-bond acceptors (Lipinski definition) is 8. The SMILES string of the molecule is COC(=O)c1cc(OCC(=O)NC23CC(NC(=O)COc4ccc5c(c4)OC(F)(F)O5)(C2)C3)ccc1Cl. The molecule has 10 nitrogen and oxygen atoms in total. The van der Waals surface area contributed by atoms with Gasteiger partial charge in [0.2, 0.25) is 0 Å². The number of nitrogens with one attached hydrogen (secondary N) is 2. The molecule has 2 aromatic carbocycles. The lowest BCUT2D eigenvalue weighted by Crippen LogP contribution is -2.84. The van der Waals surface area contributed by atoms with Gasteiger partial charge in [-0.15, -0.1) is 8.78 Å². The summed E-state index contributed by atoms with van der Waals surface area (Å²) >= 11 is 5.97. The molecule has 1 aliphatic heterocycles. The molecule has 3 aliphatic carbocycles. The van der Waals surface area contributed by atoms with E-state index in [1.165, 1.54) is 43.5 Å². The molecule has 4 aliphatic rings. The monoisotopic (exact) mass is 538 g/mol. The van der Waals surface area contributed by atoms with Crippen LogP contribution in [-0.4, -0.2) is 55.5 Å². The first-order chi connectivity index (χ1) is 17.5. The van der Waals surface area contributed by atoms with Gasteiger partial charge in [-0.05, 0) is 49.6 Å². The van der Waals surface area contributed by atoms with Crippen LogP contribution in [0.5, 0.6) is 23.0 Å². The number of fused-ring (bicyclic) bond motifs is 1. The number of alkyl halides is 2. The molecule has 0 unspecified atom stereocenters. The van der Waals surface area contributed by atoms with Crippen molar-refractivity contribution in [3.8, 4) is 23.0 Å². The van der Waals surface area contributed by atoms with E-state index >= 15 is 0 Å². The highest BCUT2D eigenvalue weighted by atomic mass is 35.5. The Morgan fingerprint density at radius 2 is 1.43 bits per heavy atom. The molecular weight excluding hydrogens is 518 g/mol. The first-order valence-electron chi connectivity index (χ1n) is 11.1. The van der Waals surface area contributed by atoms with Gasteiger partial charge in [-0.3, -0.25) is 9.59 Å². The Kier molecular flexibility index (Phi) is 6.01. The molecule has 3 fully saturated rings. The number of carbonyl (C=O) groups is 3. The summed E-state index contributed by atoms with van der Waals surface area (Å²) in [5.74, 6) is -1.17. The van der Waals surface area contributed by atoms with Crippen molar-refractivity contribution in [1.82, 2.24) is 10.6 Å². The van der Waals surface area contributed by atoms with E-state index in [1.807, 2.05) is 0 Å². The average Bonchev–Trinajstić information content (AvgIpc) is 3.12. The highest BCUT2D eigenvalue weighted by molar-refractivity contribution is 6.33. The minimum Gasteiger partial charge on any atom is -0.484 e. The van der Waals surface area contributed by atoms with Crippen molar-refractivity contribution in [3.63, 3.8) is 0 Å². The highest BCUT2D eigenvalue weighted by Gasteiger charge is 2.69. The van der Waals surface area contributed by atoms with Crippen molar-refractivity contribution in [3.05, 3.63) is 47.0 Å². The Morgan fingerprint density at radius 1 is 0.892 bits per heavy atom. The summed E-state index contributed by atoms with van der Waals surface area (Å²) in [6, 6.07) is 8.29. The number of carbonyl (C=O) groups excluding carboxylic acids is 3. The highest BCUT2D eigenvalue weighted by Crippen LogP contribution is 2.60. The zero-order chi connectivity index (χ0) is 26.4. The quantitative estimate of drug-likeness (QED) is 0.468. The zero-order valence-corrected chi connectivity index (χ0v) is 20.2. The predicted octanol–water partition coefficient (Wildman–Crippen LogP) is 2.81. The number of rotatable bonds is 9. The third-order valence-electron chi connectivity index (χ3n) is 6.30. The van der Waals surface area contributed by atoms with E-state index in [0.717, 1.165) is 0 Å². The van der Waals surface area contributed by atoms with Gasteiger partial charge in [-0.2, -0.15) is 0 Å². The van der Waals surface area contributed by atoms with E-state index in [2.05, 4.69) is 24.8 Å². The van der Waals surface area contributed by atoms with Gasteiger partial charge in [0.15, 0.2) is 24.7 Å². The van der Waals surface area contributed by atoms with Crippen molar-refractivity contribution in [1.29, 1.82) is 0 Å². The van der Waals surface area contributed by atoms with E-state index in [-0.39, 0.29) is 58.6 Å². The molecule has 0 saturated heterocycles. The fourth-order valence-electron chi connectivity index (χ4n) is 4.89. The number of halogens is 3. The Morgan fingerprint density at radius 3 is 2.03 bits per heavy atom. The Balaban J connectivity index is 1.04. The summed E-state index contributed by atoms with van der Waals surface area (Å²) in [5.41, 5.74) is -0.700. The number of benzene rings is 2. The van der Waals surface area contributed by atoms with Gasteiger partial charge in [0.05, 0.1) is 17.7 Å². The molecule has 37 heavy (non-hydrogen) atoms. The summed E-state index contributed by atoms with van der Waals surface area (Å²) < 4.78 is 50.4. The molecule has 2 N–H and O–H groups in total. The van der Waals surface area contributed by atoms with Crippen LogP contribution in [0.15, 0.2) is 36.4 Å². The molecule has 0 atom stereocenters. The fourth-order valence-corrected chi connectivity index (χ4v) is 5.09. The lowest BCUT2D eigenvalue weighted by atomic mass is 9.44. The maximum atomic E-state index is 13.1. The molecule has 0 spiro atoms. The Hall–Kier alpha value is -3.80. The van der Waals surface area contributed by atoms with Crippen LogP contribution in [-0.2, 0) is 14.3 Å². The standard InChI is InChI=1S/C24H21ClF2N2O8/c1-33-21(32)15-6-13(2-4-16(15)25)34-8-19(30)28-22-10-23(11-22,12-22)29-20(31)9-35-14-3-5-17-18(7-14)37-24(26,27)36-17/h2-7H,8-12H2,1H3,(H,28,30)(H,29,31). The van der Waals surface area contributed by atoms with Gasteiger partial charge in [-0.25, -0.2) is 4.79 Å². The first kappa shape index (κ1) is 24.9. The number of methoxy groups -OCH3 is 1. The number of amides is 2. The largest absolute Gasteiger partial charge is 0.586 e. The molecule has 3 saturated carbocycles. The minimum absolute atomic E-state index is 0.118. The smallest absolute Gasteiger partial charge is 0.484 e. The maximum Gasteiger partial charge on any atom is 0.586 e. The van der Waals surface area contributed by atoms with Crippen LogP contribution in [0.25, 0.3) is 0 Å². The number of esters is 1. The van der Waals surface area contributed by atoms with Crippen molar-refractivity contribution < 1.29 is 46.8 Å². The Labute approximate surface area is 214 Å². The van der Waals surface area contributed by atoms with Crippen LogP contribution in [0.2, 0.25) is 5.02 Å². The summed E-state index contributed by atoms with van der Waals surface area (Å²) in [4.78, 5) is 36.4. The van der Waals surface area contributed by atoms with Gasteiger partial charge in [0, 0.05) is 17.1 Å². The molecule has 2 bridgehead atoms. The number of hydrogen-bond donors (Lipinski definition) is 2. The second-order valence-electron chi connectivity index (χ2n) is 9.17. The molecule has 13 heteroatoms. The lowest BCUT2D eigenvalue weighted by Gasteiger charge is -2.70. The van der Waals surface area contributed by atoms with Gasteiger partial charge < -0.3 is 34.3 Å². The fraction of sp³-hybridized carbons (Fsp3) is 0.375. The van der Waals surface area contributed by atoms with Crippen molar-refractivity contribution in [2.75, 3.05) is 20.3 Å². The van der Waals surface area contributed by atoms with Crippen molar-refractivity contribution >= 4 is 29.4 Å². The normalized spacial score (nSPS) is 23.7. The van der Waals surface area contributed by atoms with Crippen LogP contribution < -0.4 is 29.6 Å². The maximum absolute atomic E-state index is 13.1. The van der Waals surface area contributed by atoms with E-state index in [4.69, 9.17) is 21.1 Å². The van der Waals surface area contributed by atoms with Crippen LogP contribution in [0.1, 0.15) is 29.6 Å². The first-order valence-corrected chi connectivity index (χ1v) is 11.5.